The van der Waals surface area contributed by atoms with Gasteiger partial charge in [0, 0.05) is 6.42 Å². The van der Waals surface area contributed by atoms with Gasteiger partial charge in [-0.05, 0) is 30.0 Å². The number of hydrogen-bond donors (Lipinski definition) is 3. The predicted molar refractivity (Wildman–Crippen MR) is 98.7 cm³/mol. The molecule has 148 valence electrons. The van der Waals surface area contributed by atoms with Gasteiger partial charge in [-0.3, -0.25) is 14.4 Å². The molecule has 0 heterocycles. The van der Waals surface area contributed by atoms with Gasteiger partial charge in [0.05, 0.1) is 24.0 Å². The van der Waals surface area contributed by atoms with E-state index in [0.717, 1.165) is 25.3 Å². The minimum absolute atomic E-state index is 0.0892. The number of carbonyl (C=O) groups is 3. The molecule has 1 unspecified atom stereocenters. The van der Waals surface area contributed by atoms with Crippen LogP contribution in [0.3, 0.4) is 0 Å². The van der Waals surface area contributed by atoms with E-state index in [9.17, 15) is 18.8 Å². The zero-order chi connectivity index (χ0) is 19.8. The van der Waals surface area contributed by atoms with Gasteiger partial charge >= 0.3 is 5.97 Å². The minimum Gasteiger partial charge on any atom is -0.481 e. The fourth-order valence-corrected chi connectivity index (χ4v) is 3.42. The fourth-order valence-electron chi connectivity index (χ4n) is 3.30. The molecule has 8 heteroatoms. The zero-order valence-electron chi connectivity index (χ0n) is 15.0. The number of carbonyl (C=O) groups excluding carboxylic acids is 2. The molecule has 1 aliphatic carbocycles. The summed E-state index contributed by atoms with van der Waals surface area (Å²) in [5.41, 5.74) is 0.292. The number of carboxylic acid groups (broad SMARTS) is 1. The molecule has 1 atom stereocenters. The summed E-state index contributed by atoms with van der Waals surface area (Å²) in [5, 5.41) is 14.0. The van der Waals surface area contributed by atoms with Crippen LogP contribution in [0, 0.1) is 11.7 Å². The SMILES string of the molecule is O=C(O)CC(NC(=O)CNC(=O)CCC1CCCC1)c1ccc(Cl)c(F)c1. The first-order valence-electron chi connectivity index (χ1n) is 9.08. The number of carboxylic acids is 1. The van der Waals surface area contributed by atoms with Crippen molar-refractivity contribution in [2.45, 2.75) is 51.0 Å². The lowest BCUT2D eigenvalue weighted by molar-refractivity contribution is -0.138. The first-order chi connectivity index (χ1) is 12.8. The Bertz CT molecular complexity index is 692. The molecule has 0 bridgehead atoms. The van der Waals surface area contributed by atoms with Crippen molar-refractivity contribution >= 4 is 29.4 Å². The molecule has 1 saturated carbocycles. The molecule has 1 aromatic carbocycles. The molecule has 27 heavy (non-hydrogen) atoms. The number of rotatable bonds is 9. The van der Waals surface area contributed by atoms with Gasteiger partial charge in [-0.2, -0.15) is 0 Å². The van der Waals surface area contributed by atoms with Gasteiger partial charge < -0.3 is 15.7 Å². The zero-order valence-corrected chi connectivity index (χ0v) is 15.7. The maximum Gasteiger partial charge on any atom is 0.305 e. The maximum absolute atomic E-state index is 13.6. The number of hydrogen-bond acceptors (Lipinski definition) is 3. The number of amides is 2. The summed E-state index contributed by atoms with van der Waals surface area (Å²) in [4.78, 5) is 35.0. The van der Waals surface area contributed by atoms with E-state index in [1.165, 1.54) is 25.0 Å². The van der Waals surface area contributed by atoms with Crippen LogP contribution in [0.4, 0.5) is 4.39 Å². The molecule has 0 radical (unpaired) electrons. The molecule has 2 amide bonds. The van der Waals surface area contributed by atoms with Crippen molar-refractivity contribution in [3.63, 3.8) is 0 Å². The Labute approximate surface area is 162 Å². The highest BCUT2D eigenvalue weighted by atomic mass is 35.5. The summed E-state index contributed by atoms with van der Waals surface area (Å²) in [5.74, 6) is -1.99. The first kappa shape index (κ1) is 21.2. The monoisotopic (exact) mass is 398 g/mol. The van der Waals surface area contributed by atoms with Crippen molar-refractivity contribution in [2.24, 2.45) is 5.92 Å². The van der Waals surface area contributed by atoms with E-state index in [1.54, 1.807) is 0 Å². The average Bonchev–Trinajstić information content (AvgIpc) is 3.13. The normalized spacial score (nSPS) is 15.3. The smallest absolute Gasteiger partial charge is 0.305 e. The van der Waals surface area contributed by atoms with Gasteiger partial charge in [0.15, 0.2) is 0 Å². The highest BCUT2D eigenvalue weighted by Crippen LogP contribution is 2.28. The van der Waals surface area contributed by atoms with E-state index in [2.05, 4.69) is 10.6 Å². The molecule has 3 N–H and O–H groups in total. The molecule has 1 fully saturated rings. The summed E-state index contributed by atoms with van der Waals surface area (Å²) in [6, 6.07) is 2.94. The summed E-state index contributed by atoms with van der Waals surface area (Å²) in [6.07, 6.45) is 5.51. The second-order valence-electron chi connectivity index (χ2n) is 6.86. The highest BCUT2D eigenvalue weighted by Gasteiger charge is 2.20. The van der Waals surface area contributed by atoms with Crippen LogP contribution in [0.1, 0.15) is 56.6 Å². The van der Waals surface area contributed by atoms with Gasteiger partial charge in [0.2, 0.25) is 11.8 Å². The van der Waals surface area contributed by atoms with E-state index in [1.807, 2.05) is 0 Å². The molecule has 0 spiro atoms. The largest absolute Gasteiger partial charge is 0.481 e. The van der Waals surface area contributed by atoms with Crippen LogP contribution in [0.5, 0.6) is 0 Å². The first-order valence-corrected chi connectivity index (χ1v) is 9.45. The second-order valence-corrected chi connectivity index (χ2v) is 7.26. The lowest BCUT2D eigenvalue weighted by Gasteiger charge is -2.18. The molecule has 0 saturated heterocycles. The number of halogens is 2. The van der Waals surface area contributed by atoms with E-state index in [4.69, 9.17) is 16.7 Å². The van der Waals surface area contributed by atoms with Crippen molar-refractivity contribution in [1.29, 1.82) is 0 Å². The van der Waals surface area contributed by atoms with Crippen LogP contribution >= 0.6 is 11.6 Å². The van der Waals surface area contributed by atoms with Crippen molar-refractivity contribution < 1.29 is 23.9 Å². The molecule has 1 aromatic rings. The van der Waals surface area contributed by atoms with Crippen molar-refractivity contribution in [2.75, 3.05) is 6.54 Å². The molecular formula is C19H24ClFN2O4. The van der Waals surface area contributed by atoms with E-state index < -0.39 is 30.2 Å². The third kappa shape index (κ3) is 7.17. The van der Waals surface area contributed by atoms with Crippen LogP contribution < -0.4 is 10.6 Å². The summed E-state index contributed by atoms with van der Waals surface area (Å²) in [7, 11) is 0. The van der Waals surface area contributed by atoms with Crippen molar-refractivity contribution in [1.82, 2.24) is 10.6 Å². The standard InChI is InChI=1S/C19H24ClFN2O4/c20-14-7-6-13(9-15(14)21)16(10-19(26)27)23-18(25)11-22-17(24)8-5-12-3-1-2-4-12/h6-7,9,12,16H,1-5,8,10-11H2,(H,22,24)(H,23,25)(H,26,27). The Morgan fingerprint density at radius 3 is 2.56 bits per heavy atom. The molecule has 6 nitrogen and oxygen atoms in total. The maximum atomic E-state index is 13.6. The van der Waals surface area contributed by atoms with Gasteiger partial charge in [-0.25, -0.2) is 4.39 Å². The van der Waals surface area contributed by atoms with E-state index in [-0.39, 0.29) is 17.5 Å². The second kappa shape index (κ2) is 10.3. The van der Waals surface area contributed by atoms with Gasteiger partial charge in [-0.1, -0.05) is 43.4 Å². The molecule has 1 aliphatic rings. The number of nitrogens with one attached hydrogen (secondary N) is 2. The summed E-state index contributed by atoms with van der Waals surface area (Å²) in [6.45, 7) is -0.254. The summed E-state index contributed by atoms with van der Waals surface area (Å²) < 4.78 is 13.6. The van der Waals surface area contributed by atoms with Gasteiger partial charge in [0.25, 0.3) is 0 Å². The topological polar surface area (TPSA) is 95.5 Å². The van der Waals surface area contributed by atoms with Crippen LogP contribution in [-0.2, 0) is 14.4 Å². The molecule has 2 rings (SSSR count). The van der Waals surface area contributed by atoms with Crippen molar-refractivity contribution in [3.8, 4) is 0 Å². The van der Waals surface area contributed by atoms with E-state index >= 15 is 0 Å². The van der Waals surface area contributed by atoms with Crippen LogP contribution in [0.2, 0.25) is 5.02 Å². The Balaban J connectivity index is 1.84. The quantitative estimate of drug-likeness (QED) is 0.595. The molecular weight excluding hydrogens is 375 g/mol. The van der Waals surface area contributed by atoms with Gasteiger partial charge in [-0.15, -0.1) is 0 Å². The minimum atomic E-state index is -1.14. The lowest BCUT2D eigenvalue weighted by Crippen LogP contribution is -2.39. The van der Waals surface area contributed by atoms with Gasteiger partial charge in [0.1, 0.15) is 5.82 Å². The Morgan fingerprint density at radius 1 is 1.22 bits per heavy atom. The third-order valence-corrected chi connectivity index (χ3v) is 5.07. The fraction of sp³-hybridized carbons (Fsp3) is 0.526. The Morgan fingerprint density at radius 2 is 1.93 bits per heavy atom. The van der Waals surface area contributed by atoms with Crippen LogP contribution in [0.15, 0.2) is 18.2 Å². The number of benzene rings is 1. The Kier molecular flexibility index (Phi) is 8.03. The number of aliphatic carboxylic acids is 1. The van der Waals surface area contributed by atoms with Crippen LogP contribution in [-0.4, -0.2) is 29.4 Å². The molecule has 0 aliphatic heterocycles. The van der Waals surface area contributed by atoms with Crippen molar-refractivity contribution in [3.05, 3.63) is 34.6 Å². The third-order valence-electron chi connectivity index (χ3n) is 4.76. The predicted octanol–water partition coefficient (Wildman–Crippen LogP) is 3.20. The van der Waals surface area contributed by atoms with Crippen LogP contribution in [0.25, 0.3) is 0 Å². The highest BCUT2D eigenvalue weighted by molar-refractivity contribution is 6.30. The van der Waals surface area contributed by atoms with E-state index in [0.29, 0.717) is 17.9 Å². The Hall–Kier alpha value is -2.15. The molecule has 0 aromatic heterocycles. The average molecular weight is 399 g/mol. The summed E-state index contributed by atoms with van der Waals surface area (Å²) >= 11 is 5.63. The lowest BCUT2D eigenvalue weighted by atomic mass is 10.0.